The van der Waals surface area contributed by atoms with Gasteiger partial charge in [-0.1, -0.05) is 44.0 Å². The number of likely N-dealkylation sites (tertiary alicyclic amines) is 1. The van der Waals surface area contributed by atoms with Gasteiger partial charge in [-0.15, -0.1) is 10.2 Å². The first kappa shape index (κ1) is 24.9. The number of amides is 1. The molecule has 0 bridgehead atoms. The van der Waals surface area contributed by atoms with Crippen molar-refractivity contribution in [1.29, 1.82) is 0 Å². The second-order valence-corrected chi connectivity index (χ2v) is 10.3. The van der Waals surface area contributed by atoms with E-state index in [0.29, 0.717) is 28.3 Å². The average Bonchev–Trinajstić information content (AvgIpc) is 3.24. The normalized spacial score (nSPS) is 19.9. The molecule has 6 nitrogen and oxygen atoms in total. The zero-order chi connectivity index (χ0) is 24.1. The molecule has 1 saturated heterocycles. The molecular weight excluding hydrogens is 463 g/mol. The number of carbonyl (C=O) groups excluding carboxylic acids is 1. The zero-order valence-corrected chi connectivity index (χ0v) is 20.3. The molecule has 2 aliphatic rings. The molecule has 1 atom stereocenters. The highest BCUT2D eigenvalue weighted by Gasteiger charge is 2.30. The van der Waals surface area contributed by atoms with E-state index < -0.39 is 11.7 Å². The molecule has 1 aliphatic heterocycles. The van der Waals surface area contributed by atoms with E-state index in [9.17, 15) is 18.0 Å². The summed E-state index contributed by atoms with van der Waals surface area (Å²) in [5.74, 6) is 1.66. The van der Waals surface area contributed by atoms with Crippen LogP contribution in [-0.4, -0.2) is 44.4 Å². The molecule has 1 unspecified atom stereocenters. The molecule has 1 saturated carbocycles. The molecule has 2 fully saturated rings. The number of benzene rings is 1. The summed E-state index contributed by atoms with van der Waals surface area (Å²) in [6.45, 7) is 4.06. The molecule has 4 rings (SSSR count). The van der Waals surface area contributed by atoms with E-state index in [1.165, 1.54) is 24.2 Å². The van der Waals surface area contributed by atoms with Crippen molar-refractivity contribution < 1.29 is 18.0 Å². The van der Waals surface area contributed by atoms with Crippen LogP contribution in [0.15, 0.2) is 29.4 Å². The summed E-state index contributed by atoms with van der Waals surface area (Å²) in [5, 5.41) is 12.5. The van der Waals surface area contributed by atoms with Crippen molar-refractivity contribution in [3.05, 3.63) is 35.7 Å². The number of nitrogens with zero attached hydrogens (tertiary/aromatic N) is 4. The summed E-state index contributed by atoms with van der Waals surface area (Å²) in [6, 6.07) is 5.42. The molecule has 1 aliphatic carbocycles. The topological polar surface area (TPSA) is 63.1 Å². The summed E-state index contributed by atoms with van der Waals surface area (Å²) in [4.78, 5) is 14.7. The lowest BCUT2D eigenvalue weighted by molar-refractivity contribution is -0.137. The van der Waals surface area contributed by atoms with Gasteiger partial charge in [0.15, 0.2) is 11.0 Å². The Morgan fingerprint density at radius 3 is 2.68 bits per heavy atom. The molecule has 1 N–H and O–H groups in total. The highest BCUT2D eigenvalue weighted by atomic mass is 32.2. The fourth-order valence-corrected chi connectivity index (χ4v) is 5.78. The van der Waals surface area contributed by atoms with Crippen LogP contribution in [0.3, 0.4) is 0 Å². The lowest BCUT2D eigenvalue weighted by Crippen LogP contribution is -2.40. The van der Waals surface area contributed by atoms with E-state index in [2.05, 4.69) is 27.0 Å². The Labute approximate surface area is 202 Å². The molecule has 1 aromatic carbocycles. The number of halogens is 3. The van der Waals surface area contributed by atoms with Crippen molar-refractivity contribution in [3.8, 4) is 0 Å². The van der Waals surface area contributed by atoms with Gasteiger partial charge in [-0.2, -0.15) is 13.2 Å². The fourth-order valence-electron chi connectivity index (χ4n) is 4.85. The number of carbonyl (C=O) groups is 1. The number of alkyl halides is 3. The quantitative estimate of drug-likeness (QED) is 0.495. The monoisotopic (exact) mass is 495 g/mol. The van der Waals surface area contributed by atoms with Crippen LogP contribution in [0.5, 0.6) is 0 Å². The van der Waals surface area contributed by atoms with Crippen LogP contribution in [0.4, 0.5) is 18.9 Å². The smallest absolute Gasteiger partial charge is 0.378 e. The molecule has 1 amide bonds. The number of rotatable bonds is 7. The van der Waals surface area contributed by atoms with Crippen molar-refractivity contribution >= 4 is 23.4 Å². The molecule has 34 heavy (non-hydrogen) atoms. The number of aromatic nitrogens is 3. The molecule has 186 valence electrons. The lowest BCUT2D eigenvalue weighted by atomic mass is 9.95. The van der Waals surface area contributed by atoms with Crippen molar-refractivity contribution in [2.45, 2.75) is 75.8 Å². The predicted molar refractivity (Wildman–Crippen MR) is 127 cm³/mol. The van der Waals surface area contributed by atoms with Gasteiger partial charge in [0, 0.05) is 24.8 Å². The van der Waals surface area contributed by atoms with E-state index in [1.54, 1.807) is 6.07 Å². The minimum Gasteiger partial charge on any atom is -0.378 e. The minimum absolute atomic E-state index is 0.124. The predicted octanol–water partition coefficient (Wildman–Crippen LogP) is 5.76. The van der Waals surface area contributed by atoms with Crippen LogP contribution in [0.1, 0.15) is 69.3 Å². The van der Waals surface area contributed by atoms with E-state index in [1.807, 2.05) is 4.90 Å². The standard InChI is InChI=1S/C24H32F3N5OS/c1-17-7-6-12-31(15-17)22(33)16-34-23-30-29-21(32(23)20-10-3-2-4-11-20)14-28-19-9-5-8-18(13-19)24(25,26)27/h5,8-9,13,17,20,28H,2-4,6-7,10-12,14-16H2,1H3. The van der Waals surface area contributed by atoms with Gasteiger partial charge in [0.1, 0.15) is 0 Å². The highest BCUT2D eigenvalue weighted by molar-refractivity contribution is 7.99. The molecule has 2 heterocycles. The second kappa shape index (κ2) is 11.0. The maximum absolute atomic E-state index is 13.1. The van der Waals surface area contributed by atoms with Crippen molar-refractivity contribution in [1.82, 2.24) is 19.7 Å². The van der Waals surface area contributed by atoms with Gasteiger partial charge in [0.05, 0.1) is 17.9 Å². The molecule has 10 heteroatoms. The number of thioether (sulfide) groups is 1. The Balaban J connectivity index is 1.46. The zero-order valence-electron chi connectivity index (χ0n) is 19.5. The van der Waals surface area contributed by atoms with Gasteiger partial charge in [0.2, 0.25) is 5.91 Å². The minimum atomic E-state index is -4.39. The Morgan fingerprint density at radius 1 is 1.15 bits per heavy atom. The second-order valence-electron chi connectivity index (χ2n) is 9.37. The third-order valence-electron chi connectivity index (χ3n) is 6.65. The van der Waals surface area contributed by atoms with Gasteiger partial charge in [-0.25, -0.2) is 0 Å². The van der Waals surface area contributed by atoms with E-state index >= 15 is 0 Å². The molecule has 0 radical (unpaired) electrons. The van der Waals surface area contributed by atoms with Crippen LogP contribution in [0, 0.1) is 5.92 Å². The SMILES string of the molecule is CC1CCCN(C(=O)CSc2nnc(CNc3cccc(C(F)(F)F)c3)n2C2CCCCC2)C1. The largest absolute Gasteiger partial charge is 0.416 e. The van der Waals surface area contributed by atoms with Gasteiger partial charge in [0.25, 0.3) is 0 Å². The van der Waals surface area contributed by atoms with Crippen LogP contribution >= 0.6 is 11.8 Å². The Kier molecular flexibility index (Phi) is 8.06. The van der Waals surface area contributed by atoms with E-state index in [-0.39, 0.29) is 18.5 Å². The van der Waals surface area contributed by atoms with E-state index in [0.717, 1.165) is 63.7 Å². The maximum Gasteiger partial charge on any atom is 0.416 e. The first-order valence-electron chi connectivity index (χ1n) is 12.1. The summed E-state index contributed by atoms with van der Waals surface area (Å²) in [7, 11) is 0. The number of hydrogen-bond donors (Lipinski definition) is 1. The molecule has 1 aromatic heterocycles. The molecule has 0 spiro atoms. The number of nitrogens with one attached hydrogen (secondary N) is 1. The Bertz CT molecular complexity index is 974. The Hall–Kier alpha value is -2.23. The van der Waals surface area contributed by atoms with Gasteiger partial charge in [-0.3, -0.25) is 4.79 Å². The first-order chi connectivity index (χ1) is 16.3. The fraction of sp³-hybridized carbons (Fsp3) is 0.625. The van der Waals surface area contributed by atoms with Crippen molar-refractivity contribution in [2.75, 3.05) is 24.2 Å². The summed E-state index contributed by atoms with van der Waals surface area (Å²) >= 11 is 1.41. The molecular formula is C24H32F3N5OS. The van der Waals surface area contributed by atoms with Gasteiger partial charge in [-0.05, 0) is 49.8 Å². The third-order valence-corrected chi connectivity index (χ3v) is 7.58. The summed E-state index contributed by atoms with van der Waals surface area (Å²) in [5.41, 5.74) is -0.301. The lowest BCUT2D eigenvalue weighted by Gasteiger charge is -2.31. The first-order valence-corrected chi connectivity index (χ1v) is 13.1. The number of anilines is 1. The van der Waals surface area contributed by atoms with Crippen LogP contribution in [0.2, 0.25) is 0 Å². The Morgan fingerprint density at radius 2 is 1.94 bits per heavy atom. The maximum atomic E-state index is 13.1. The average molecular weight is 496 g/mol. The number of hydrogen-bond acceptors (Lipinski definition) is 5. The third kappa shape index (κ3) is 6.25. The summed E-state index contributed by atoms with van der Waals surface area (Å²) in [6.07, 6.45) is 3.29. The van der Waals surface area contributed by atoms with Crippen LogP contribution in [0.25, 0.3) is 0 Å². The van der Waals surface area contributed by atoms with Crippen LogP contribution in [-0.2, 0) is 17.5 Å². The highest BCUT2D eigenvalue weighted by Crippen LogP contribution is 2.34. The van der Waals surface area contributed by atoms with E-state index in [4.69, 9.17) is 0 Å². The van der Waals surface area contributed by atoms with Crippen LogP contribution < -0.4 is 5.32 Å². The van der Waals surface area contributed by atoms with Crippen molar-refractivity contribution in [3.63, 3.8) is 0 Å². The van der Waals surface area contributed by atoms with Gasteiger partial charge >= 0.3 is 6.18 Å². The van der Waals surface area contributed by atoms with Gasteiger partial charge < -0.3 is 14.8 Å². The number of piperidine rings is 1. The summed E-state index contributed by atoms with van der Waals surface area (Å²) < 4.78 is 41.3. The molecule has 2 aromatic rings. The van der Waals surface area contributed by atoms with Crippen molar-refractivity contribution in [2.24, 2.45) is 5.92 Å².